The maximum absolute atomic E-state index is 10.4. The van der Waals surface area contributed by atoms with Crippen molar-refractivity contribution in [2.45, 2.75) is 234 Å². The molecule has 0 aromatic heterocycles. The molecule has 3 saturated carbocycles. The van der Waals surface area contributed by atoms with Gasteiger partial charge in [-0.25, -0.2) is 0 Å². The molecule has 0 aromatic rings. The summed E-state index contributed by atoms with van der Waals surface area (Å²) in [5.41, 5.74) is 2.60. The molecule has 3 heteroatoms. The summed E-state index contributed by atoms with van der Waals surface area (Å²) in [6.45, 7) is 14.8. The average Bonchev–Trinajstić information content (AvgIpc) is 3.44. The normalized spacial score (nSPS) is 30.9. The molecule has 3 nitrogen and oxygen atoms in total. The van der Waals surface area contributed by atoms with E-state index in [1.165, 1.54) is 154 Å². The van der Waals surface area contributed by atoms with Crippen LogP contribution in [0.5, 0.6) is 0 Å². The van der Waals surface area contributed by atoms with Crippen LogP contribution in [0.2, 0.25) is 0 Å². The van der Waals surface area contributed by atoms with Gasteiger partial charge in [0, 0.05) is 6.42 Å². The first-order valence-corrected chi connectivity index (χ1v) is 22.6. The number of hydrogen-bond donors (Lipinski definition) is 2. The van der Waals surface area contributed by atoms with Crippen LogP contribution in [0.25, 0.3) is 0 Å². The molecule has 8 atom stereocenters. The van der Waals surface area contributed by atoms with Crippen LogP contribution in [0.4, 0.5) is 0 Å². The molecule has 0 bridgehead atoms. The Morgan fingerprint density at radius 1 is 0.720 bits per heavy atom. The second kappa shape index (κ2) is 23.1. The maximum Gasteiger partial charge on any atom is 0.303 e. The molecule has 0 aliphatic heterocycles. The Hall–Kier alpha value is -0.830. The van der Waals surface area contributed by atoms with Gasteiger partial charge in [0.1, 0.15) is 0 Å². The lowest BCUT2D eigenvalue weighted by molar-refractivity contribution is -0.137. The van der Waals surface area contributed by atoms with Crippen LogP contribution in [0.3, 0.4) is 0 Å². The summed E-state index contributed by atoms with van der Waals surface area (Å²) in [4.78, 5) is 10.4. The fourth-order valence-corrected chi connectivity index (χ4v) is 11.7. The second-order valence-corrected chi connectivity index (χ2v) is 19.0. The quantitative estimate of drug-likeness (QED) is 0.0825. The minimum absolute atomic E-state index is 0.0766. The van der Waals surface area contributed by atoms with Gasteiger partial charge in [0.05, 0.1) is 6.10 Å². The minimum atomic E-state index is -0.652. The van der Waals surface area contributed by atoms with Crippen molar-refractivity contribution in [3.63, 3.8) is 0 Å². The fraction of sp³-hybridized carbons (Fsp3) is 0.936. The Labute approximate surface area is 312 Å². The summed E-state index contributed by atoms with van der Waals surface area (Å²) in [6, 6.07) is 0. The number of aliphatic carboxylic acids is 1. The summed E-state index contributed by atoms with van der Waals surface area (Å²) in [7, 11) is 0. The van der Waals surface area contributed by atoms with Crippen molar-refractivity contribution in [1.82, 2.24) is 0 Å². The predicted molar refractivity (Wildman–Crippen MR) is 215 cm³/mol. The van der Waals surface area contributed by atoms with Crippen LogP contribution in [-0.4, -0.2) is 22.3 Å². The average molecular weight is 699 g/mol. The molecule has 50 heavy (non-hydrogen) atoms. The van der Waals surface area contributed by atoms with Crippen molar-refractivity contribution in [3.8, 4) is 0 Å². The molecular weight excluding hydrogens is 613 g/mol. The van der Waals surface area contributed by atoms with Gasteiger partial charge in [-0.1, -0.05) is 175 Å². The van der Waals surface area contributed by atoms with Gasteiger partial charge in [0.25, 0.3) is 0 Å². The number of hydrogen-bond acceptors (Lipinski definition) is 2. The number of allylic oxidation sites excluding steroid dienone is 1. The third kappa shape index (κ3) is 13.5. The van der Waals surface area contributed by atoms with Gasteiger partial charge in [0.15, 0.2) is 0 Å². The number of unbranched alkanes of at least 4 members (excludes halogenated alkanes) is 16. The summed E-state index contributed by atoms with van der Waals surface area (Å²) in [5, 5.41) is 18.7. The van der Waals surface area contributed by atoms with Crippen LogP contribution in [0.15, 0.2) is 11.6 Å². The Morgan fingerprint density at radius 3 is 1.82 bits per heavy atom. The molecule has 2 N–H and O–H groups in total. The van der Waals surface area contributed by atoms with Crippen LogP contribution in [0, 0.1) is 46.3 Å². The number of fused-ring (bicyclic) bond motifs is 5. The molecular formula is C47H86O3. The number of aliphatic hydroxyl groups is 1. The van der Waals surface area contributed by atoms with E-state index >= 15 is 0 Å². The third-order valence-electron chi connectivity index (χ3n) is 14.8. The van der Waals surface area contributed by atoms with E-state index in [0.29, 0.717) is 17.3 Å². The molecule has 0 spiro atoms. The first-order chi connectivity index (χ1) is 24.0. The van der Waals surface area contributed by atoms with Gasteiger partial charge < -0.3 is 10.2 Å². The first kappa shape index (κ1) is 43.6. The summed E-state index contributed by atoms with van der Waals surface area (Å²) < 4.78 is 0. The van der Waals surface area contributed by atoms with Crippen molar-refractivity contribution in [3.05, 3.63) is 11.6 Å². The van der Waals surface area contributed by atoms with E-state index in [2.05, 4.69) is 47.6 Å². The lowest BCUT2D eigenvalue weighted by Gasteiger charge is -2.58. The standard InChI is InChI=1S/C27H46O.C20H40O2/c1-18(2)7-6-8-19(3)23-11-12-24-22-10-9-20-17-21(28)13-15-26(20,4)25(22)14-16-27(23,24)5;1-2-3-4-5-6-7-8-9-10-11-12-13-14-15-16-17-18-19-20(21)22/h9,18-19,21-25,28H,6-8,10-17H2,1-5H3;2-19H2,1H3,(H,21,22)/t19?,21-,22-,23+,24-,25-,26-,27+;/m0./s1. The van der Waals surface area contributed by atoms with Crippen molar-refractivity contribution in [2.24, 2.45) is 46.3 Å². The van der Waals surface area contributed by atoms with E-state index in [4.69, 9.17) is 5.11 Å². The fourth-order valence-electron chi connectivity index (χ4n) is 11.7. The van der Waals surface area contributed by atoms with Gasteiger partial charge in [0.2, 0.25) is 0 Å². The zero-order chi connectivity index (χ0) is 36.4. The number of carboxylic acid groups (broad SMARTS) is 1. The molecule has 0 saturated heterocycles. The molecule has 4 rings (SSSR count). The van der Waals surface area contributed by atoms with Crippen molar-refractivity contribution >= 4 is 5.97 Å². The highest BCUT2D eigenvalue weighted by Gasteiger charge is 2.59. The van der Waals surface area contributed by atoms with E-state index in [-0.39, 0.29) is 6.10 Å². The van der Waals surface area contributed by atoms with E-state index < -0.39 is 5.97 Å². The molecule has 0 aromatic carbocycles. The molecule has 1 unspecified atom stereocenters. The molecule has 292 valence electrons. The summed E-state index contributed by atoms with van der Waals surface area (Å²) in [5.74, 6) is 4.81. The zero-order valence-electron chi connectivity index (χ0n) is 34.4. The Morgan fingerprint density at radius 2 is 1.28 bits per heavy atom. The molecule has 4 aliphatic carbocycles. The van der Waals surface area contributed by atoms with Crippen LogP contribution >= 0.6 is 0 Å². The van der Waals surface area contributed by atoms with Gasteiger partial charge in [-0.05, 0) is 104 Å². The lowest BCUT2D eigenvalue weighted by Crippen LogP contribution is -2.50. The zero-order valence-corrected chi connectivity index (χ0v) is 34.4. The van der Waals surface area contributed by atoms with Crippen molar-refractivity contribution < 1.29 is 15.0 Å². The molecule has 0 radical (unpaired) electrons. The minimum Gasteiger partial charge on any atom is -0.481 e. The number of aliphatic hydroxyl groups excluding tert-OH is 1. The maximum atomic E-state index is 10.4. The van der Waals surface area contributed by atoms with E-state index in [0.717, 1.165) is 61.2 Å². The van der Waals surface area contributed by atoms with Crippen molar-refractivity contribution in [2.75, 3.05) is 0 Å². The molecule has 0 amide bonds. The van der Waals surface area contributed by atoms with Crippen LogP contribution < -0.4 is 0 Å². The third-order valence-corrected chi connectivity index (χ3v) is 14.8. The Kier molecular flexibility index (Phi) is 20.1. The van der Waals surface area contributed by atoms with Crippen molar-refractivity contribution in [1.29, 1.82) is 0 Å². The summed E-state index contributed by atoms with van der Waals surface area (Å²) >= 11 is 0. The topological polar surface area (TPSA) is 57.5 Å². The second-order valence-electron chi connectivity index (χ2n) is 19.0. The smallest absolute Gasteiger partial charge is 0.303 e. The highest BCUT2D eigenvalue weighted by atomic mass is 16.4. The predicted octanol–water partition coefficient (Wildman–Crippen LogP) is 14.5. The van der Waals surface area contributed by atoms with Gasteiger partial charge in [-0.15, -0.1) is 0 Å². The highest BCUT2D eigenvalue weighted by Crippen LogP contribution is 2.67. The molecule has 4 aliphatic rings. The SMILES string of the molecule is CC(C)CCCC(C)[C@H]1CC[C@H]2[C@@H]3CC=C4C[C@@H](O)CC[C@]4(C)[C@H]3CC[C@]12C.CCCCCCCCCCCCCCCCCCCC(=O)O. The van der Waals surface area contributed by atoms with E-state index in [1.807, 2.05) is 0 Å². The largest absolute Gasteiger partial charge is 0.481 e. The Balaban J connectivity index is 0.000000281. The first-order valence-electron chi connectivity index (χ1n) is 22.6. The molecule has 0 heterocycles. The van der Waals surface area contributed by atoms with Gasteiger partial charge >= 0.3 is 5.97 Å². The van der Waals surface area contributed by atoms with E-state index in [1.54, 1.807) is 5.57 Å². The number of rotatable bonds is 23. The van der Waals surface area contributed by atoms with Gasteiger partial charge in [-0.2, -0.15) is 0 Å². The van der Waals surface area contributed by atoms with E-state index in [9.17, 15) is 9.90 Å². The molecule has 3 fully saturated rings. The monoisotopic (exact) mass is 699 g/mol. The van der Waals surface area contributed by atoms with Crippen LogP contribution in [-0.2, 0) is 4.79 Å². The number of carbonyl (C=O) groups is 1. The number of carboxylic acids is 1. The highest BCUT2D eigenvalue weighted by molar-refractivity contribution is 5.66. The van der Waals surface area contributed by atoms with Crippen LogP contribution in [0.1, 0.15) is 228 Å². The Bertz CT molecular complexity index is 954. The lowest BCUT2D eigenvalue weighted by atomic mass is 9.47. The summed E-state index contributed by atoms with van der Waals surface area (Å²) in [6.07, 6.45) is 40.3. The van der Waals surface area contributed by atoms with Gasteiger partial charge in [-0.3, -0.25) is 4.79 Å².